The van der Waals surface area contributed by atoms with E-state index in [1.165, 1.54) is 6.42 Å². The maximum absolute atomic E-state index is 11.3. The minimum Gasteiger partial charge on any atom is -0.466 e. The van der Waals surface area contributed by atoms with E-state index < -0.39 is 0 Å². The second kappa shape index (κ2) is 7.67. The molecule has 0 amide bonds. The minimum atomic E-state index is -0.266. The lowest BCUT2D eigenvalue weighted by Crippen LogP contribution is -2.47. The number of hydrogen-bond donors (Lipinski definition) is 1. The van der Waals surface area contributed by atoms with Crippen molar-refractivity contribution in [3.8, 4) is 0 Å². The zero-order valence-electron chi connectivity index (χ0n) is 11.0. The third-order valence-corrected chi connectivity index (χ3v) is 3.44. The fourth-order valence-electron chi connectivity index (χ4n) is 2.47. The van der Waals surface area contributed by atoms with Crippen molar-refractivity contribution in [2.75, 3.05) is 19.7 Å². The molecule has 2 unspecified atom stereocenters. The van der Waals surface area contributed by atoms with Gasteiger partial charge in [0.1, 0.15) is 0 Å². The average Bonchev–Trinajstić information content (AvgIpc) is 2.36. The van der Waals surface area contributed by atoms with E-state index in [0.717, 1.165) is 25.8 Å². The SMILES string of the molecule is CCOC(=O)CCN1CCCCC1C(O)CC. The normalized spacial score (nSPS) is 23.4. The van der Waals surface area contributed by atoms with Gasteiger partial charge in [-0.2, -0.15) is 0 Å². The van der Waals surface area contributed by atoms with Crippen LogP contribution in [-0.4, -0.2) is 47.8 Å². The second-order valence-corrected chi connectivity index (χ2v) is 4.63. The van der Waals surface area contributed by atoms with Crippen molar-refractivity contribution in [1.29, 1.82) is 0 Å². The molecule has 0 aromatic heterocycles. The van der Waals surface area contributed by atoms with Gasteiger partial charge in [0.2, 0.25) is 0 Å². The molecule has 1 saturated heterocycles. The third-order valence-electron chi connectivity index (χ3n) is 3.44. The maximum atomic E-state index is 11.3. The van der Waals surface area contributed by atoms with Crippen LogP contribution >= 0.6 is 0 Å². The predicted octanol–water partition coefficient (Wildman–Crippen LogP) is 1.56. The van der Waals surface area contributed by atoms with Crippen molar-refractivity contribution in [2.45, 2.75) is 58.1 Å². The highest BCUT2D eigenvalue weighted by molar-refractivity contribution is 5.69. The summed E-state index contributed by atoms with van der Waals surface area (Å²) in [6.45, 7) is 5.97. The molecule has 4 nitrogen and oxygen atoms in total. The number of likely N-dealkylation sites (tertiary alicyclic amines) is 1. The van der Waals surface area contributed by atoms with Crippen molar-refractivity contribution in [1.82, 2.24) is 4.90 Å². The number of aliphatic hydroxyl groups is 1. The molecule has 1 aliphatic rings. The first-order valence-electron chi connectivity index (χ1n) is 6.76. The maximum Gasteiger partial charge on any atom is 0.307 e. The van der Waals surface area contributed by atoms with Gasteiger partial charge in [0.15, 0.2) is 0 Å². The first kappa shape index (κ1) is 14.5. The third kappa shape index (κ3) is 4.64. The molecule has 0 saturated carbocycles. The van der Waals surface area contributed by atoms with Crippen molar-refractivity contribution < 1.29 is 14.6 Å². The highest BCUT2D eigenvalue weighted by Crippen LogP contribution is 2.21. The summed E-state index contributed by atoms with van der Waals surface area (Å²) >= 11 is 0. The van der Waals surface area contributed by atoms with Gasteiger partial charge in [-0.15, -0.1) is 0 Å². The monoisotopic (exact) mass is 243 g/mol. The molecule has 1 aliphatic heterocycles. The number of nitrogens with zero attached hydrogens (tertiary/aromatic N) is 1. The van der Waals surface area contributed by atoms with Crippen molar-refractivity contribution >= 4 is 5.97 Å². The summed E-state index contributed by atoms with van der Waals surface area (Å²) in [6.07, 6.45) is 4.32. The number of aliphatic hydroxyl groups excluding tert-OH is 1. The first-order valence-corrected chi connectivity index (χ1v) is 6.76. The Morgan fingerprint density at radius 2 is 2.24 bits per heavy atom. The van der Waals surface area contributed by atoms with E-state index in [-0.39, 0.29) is 18.1 Å². The summed E-state index contributed by atoms with van der Waals surface area (Å²) < 4.78 is 4.93. The molecule has 100 valence electrons. The van der Waals surface area contributed by atoms with Gasteiger partial charge in [-0.1, -0.05) is 13.3 Å². The Bertz CT molecular complexity index is 233. The number of esters is 1. The van der Waals surface area contributed by atoms with Gasteiger partial charge in [-0.05, 0) is 32.7 Å². The van der Waals surface area contributed by atoms with Gasteiger partial charge in [-0.3, -0.25) is 9.69 Å². The fraction of sp³-hybridized carbons (Fsp3) is 0.923. The average molecular weight is 243 g/mol. The molecule has 1 heterocycles. The lowest BCUT2D eigenvalue weighted by atomic mass is 9.96. The molecular formula is C13H25NO3. The summed E-state index contributed by atoms with van der Waals surface area (Å²) in [4.78, 5) is 13.6. The first-order chi connectivity index (χ1) is 8.19. The standard InChI is InChI=1S/C13H25NO3/c1-3-12(15)11-7-5-6-9-14(11)10-8-13(16)17-4-2/h11-12,15H,3-10H2,1-2H3. The van der Waals surface area contributed by atoms with E-state index in [2.05, 4.69) is 4.90 Å². The highest BCUT2D eigenvalue weighted by atomic mass is 16.5. The molecule has 4 heteroatoms. The van der Waals surface area contributed by atoms with Crippen molar-refractivity contribution in [2.24, 2.45) is 0 Å². The zero-order valence-corrected chi connectivity index (χ0v) is 11.0. The Labute approximate surface area is 104 Å². The van der Waals surface area contributed by atoms with Crippen LogP contribution in [0.25, 0.3) is 0 Å². The number of carbonyl (C=O) groups excluding carboxylic acids is 1. The molecule has 1 rings (SSSR count). The van der Waals surface area contributed by atoms with E-state index in [9.17, 15) is 9.90 Å². The molecule has 0 aliphatic carbocycles. The topological polar surface area (TPSA) is 49.8 Å². The van der Waals surface area contributed by atoms with Crippen molar-refractivity contribution in [3.63, 3.8) is 0 Å². The Morgan fingerprint density at radius 1 is 1.47 bits per heavy atom. The van der Waals surface area contributed by atoms with Gasteiger partial charge in [0, 0.05) is 12.6 Å². The summed E-state index contributed by atoms with van der Waals surface area (Å²) in [5.41, 5.74) is 0. The van der Waals surface area contributed by atoms with Crippen LogP contribution in [0.3, 0.4) is 0 Å². The van der Waals surface area contributed by atoms with Crippen LogP contribution in [0.2, 0.25) is 0 Å². The molecule has 1 N–H and O–H groups in total. The molecule has 0 bridgehead atoms. The number of piperidine rings is 1. The minimum absolute atomic E-state index is 0.136. The fourth-order valence-corrected chi connectivity index (χ4v) is 2.47. The van der Waals surface area contributed by atoms with Gasteiger partial charge >= 0.3 is 5.97 Å². The quantitative estimate of drug-likeness (QED) is 0.719. The lowest BCUT2D eigenvalue weighted by molar-refractivity contribution is -0.143. The van der Waals surface area contributed by atoms with Crippen LogP contribution in [-0.2, 0) is 9.53 Å². The Kier molecular flexibility index (Phi) is 6.52. The molecule has 1 fully saturated rings. The Hall–Kier alpha value is -0.610. The number of rotatable bonds is 6. The van der Waals surface area contributed by atoms with Crippen LogP contribution in [0.5, 0.6) is 0 Å². The summed E-state index contributed by atoms with van der Waals surface area (Å²) in [5.74, 6) is -0.136. The van der Waals surface area contributed by atoms with E-state index in [4.69, 9.17) is 4.74 Å². The Balaban J connectivity index is 2.40. The zero-order chi connectivity index (χ0) is 12.7. The second-order valence-electron chi connectivity index (χ2n) is 4.63. The number of carbonyl (C=O) groups is 1. The van der Waals surface area contributed by atoms with Crippen LogP contribution in [0.1, 0.15) is 46.0 Å². The van der Waals surface area contributed by atoms with E-state index >= 15 is 0 Å². The van der Waals surface area contributed by atoms with Crippen molar-refractivity contribution in [3.05, 3.63) is 0 Å². The number of ether oxygens (including phenoxy) is 1. The van der Waals surface area contributed by atoms with Crippen LogP contribution < -0.4 is 0 Å². The van der Waals surface area contributed by atoms with Gasteiger partial charge in [0.25, 0.3) is 0 Å². The summed E-state index contributed by atoms with van der Waals surface area (Å²) in [7, 11) is 0. The number of hydrogen-bond acceptors (Lipinski definition) is 4. The molecule has 0 radical (unpaired) electrons. The lowest BCUT2D eigenvalue weighted by Gasteiger charge is -2.38. The molecule has 0 spiro atoms. The van der Waals surface area contributed by atoms with Crippen LogP contribution in [0, 0.1) is 0 Å². The van der Waals surface area contributed by atoms with E-state index in [1.54, 1.807) is 0 Å². The van der Waals surface area contributed by atoms with Crippen LogP contribution in [0.15, 0.2) is 0 Å². The van der Waals surface area contributed by atoms with Crippen LogP contribution in [0.4, 0.5) is 0 Å². The largest absolute Gasteiger partial charge is 0.466 e. The summed E-state index contributed by atoms with van der Waals surface area (Å²) in [5, 5.41) is 9.96. The summed E-state index contributed by atoms with van der Waals surface area (Å²) in [6, 6.07) is 0.225. The van der Waals surface area contributed by atoms with E-state index in [1.807, 2.05) is 13.8 Å². The predicted molar refractivity (Wildman–Crippen MR) is 66.8 cm³/mol. The highest BCUT2D eigenvalue weighted by Gasteiger charge is 2.27. The van der Waals surface area contributed by atoms with E-state index in [0.29, 0.717) is 19.6 Å². The van der Waals surface area contributed by atoms with Gasteiger partial charge in [-0.25, -0.2) is 0 Å². The molecule has 0 aromatic carbocycles. The van der Waals surface area contributed by atoms with Gasteiger partial charge < -0.3 is 9.84 Å². The Morgan fingerprint density at radius 3 is 2.88 bits per heavy atom. The van der Waals surface area contributed by atoms with Gasteiger partial charge in [0.05, 0.1) is 19.1 Å². The molecule has 17 heavy (non-hydrogen) atoms. The molecular weight excluding hydrogens is 218 g/mol. The molecule has 0 aromatic rings. The molecule has 2 atom stereocenters. The smallest absolute Gasteiger partial charge is 0.307 e.